The fourth-order valence-electron chi connectivity index (χ4n) is 3.28. The topological polar surface area (TPSA) is 67.5 Å². The van der Waals surface area contributed by atoms with E-state index in [1.54, 1.807) is 4.90 Å². The molecule has 0 bridgehead atoms. The van der Waals surface area contributed by atoms with Crippen LogP contribution in [0.4, 0.5) is 5.69 Å². The predicted octanol–water partition coefficient (Wildman–Crippen LogP) is -2.11. The van der Waals surface area contributed by atoms with E-state index in [0.717, 1.165) is 31.9 Å². The number of nitrogens with zero attached hydrogens (tertiary/aromatic N) is 1. The number of amides is 1. The maximum Gasteiger partial charge on any atom is 0.303 e. The van der Waals surface area contributed by atoms with Gasteiger partial charge < -0.3 is 24.8 Å². The lowest BCUT2D eigenvalue weighted by molar-refractivity contribution is -1.02. The molecule has 1 amide bonds. The molecule has 7 nitrogen and oxygen atoms in total. The highest BCUT2D eigenvalue weighted by Crippen LogP contribution is 2.16. The lowest BCUT2D eigenvalue weighted by Gasteiger charge is -2.33. The molecule has 1 atom stereocenters. The number of ether oxygens (including phenoxy) is 1. The molecule has 1 aliphatic heterocycles. The van der Waals surface area contributed by atoms with Gasteiger partial charge in [0, 0.05) is 32.3 Å². The van der Waals surface area contributed by atoms with E-state index in [2.05, 4.69) is 41.5 Å². The van der Waals surface area contributed by atoms with Gasteiger partial charge in [0.15, 0.2) is 6.61 Å². The van der Waals surface area contributed by atoms with Gasteiger partial charge in [0.05, 0.1) is 13.6 Å². The molecule has 0 aliphatic carbocycles. The summed E-state index contributed by atoms with van der Waals surface area (Å²) in [7, 11) is 6.27. The van der Waals surface area contributed by atoms with Crippen molar-refractivity contribution in [2.45, 2.75) is 13.0 Å². The third kappa shape index (κ3) is 6.00. The summed E-state index contributed by atoms with van der Waals surface area (Å²) in [4.78, 5) is 27.9. The van der Waals surface area contributed by atoms with E-state index in [1.807, 2.05) is 14.1 Å². The number of nitrogens with one attached hydrogen (secondary N) is 3. The molecule has 3 N–H and O–H groups in total. The Labute approximate surface area is 155 Å². The van der Waals surface area contributed by atoms with Crippen molar-refractivity contribution >= 4 is 17.6 Å². The van der Waals surface area contributed by atoms with Crippen LogP contribution in [-0.2, 0) is 14.3 Å². The average Bonchev–Trinajstić information content (AvgIpc) is 2.62. The minimum atomic E-state index is -0.441. The Bertz CT molecular complexity index is 595. The van der Waals surface area contributed by atoms with Crippen molar-refractivity contribution < 1.29 is 24.1 Å². The van der Waals surface area contributed by atoms with Crippen LogP contribution in [0.25, 0.3) is 0 Å². The van der Waals surface area contributed by atoms with Gasteiger partial charge in [0.2, 0.25) is 0 Å². The van der Waals surface area contributed by atoms with Gasteiger partial charge in [0.25, 0.3) is 5.91 Å². The third-order valence-corrected chi connectivity index (χ3v) is 4.96. The number of hydrogen-bond donors (Lipinski definition) is 3. The fourth-order valence-corrected chi connectivity index (χ4v) is 3.28. The van der Waals surface area contributed by atoms with Crippen LogP contribution in [0.3, 0.4) is 0 Å². The van der Waals surface area contributed by atoms with Crippen molar-refractivity contribution in [1.29, 1.82) is 0 Å². The minimum absolute atomic E-state index is 0.195. The zero-order valence-electron chi connectivity index (χ0n) is 16.3. The molecule has 144 valence electrons. The third-order valence-electron chi connectivity index (χ3n) is 4.96. The average molecular weight is 364 g/mol. The Kier molecular flexibility index (Phi) is 7.41. The Balaban J connectivity index is 2.06. The second-order valence-corrected chi connectivity index (χ2v) is 7.24. The standard InChI is InChI=1S/C19H30N4O3/c1-15(24)26-14-19(25)20-13-18(23-11-9-22(4)10-12-23)16-5-7-17(8-6-16)21(2)3/h5-8,18H,9-14H2,1-4H3,(H,20,25)/p+2/t18-/m0/s1. The highest BCUT2D eigenvalue weighted by atomic mass is 16.5. The maximum absolute atomic E-state index is 12.0. The number of esters is 1. The van der Waals surface area contributed by atoms with E-state index < -0.39 is 5.97 Å². The zero-order chi connectivity index (χ0) is 19.1. The summed E-state index contributed by atoms with van der Waals surface area (Å²) in [5.74, 6) is -0.696. The number of piperazine rings is 1. The Morgan fingerprint density at radius 3 is 2.31 bits per heavy atom. The van der Waals surface area contributed by atoms with Crippen molar-refractivity contribution in [3.8, 4) is 0 Å². The molecule has 0 radical (unpaired) electrons. The van der Waals surface area contributed by atoms with Crippen LogP contribution in [0.5, 0.6) is 0 Å². The van der Waals surface area contributed by atoms with Gasteiger partial charge >= 0.3 is 5.97 Å². The van der Waals surface area contributed by atoms with E-state index in [0.29, 0.717) is 6.54 Å². The summed E-state index contributed by atoms with van der Waals surface area (Å²) < 4.78 is 4.78. The van der Waals surface area contributed by atoms with E-state index >= 15 is 0 Å². The second-order valence-electron chi connectivity index (χ2n) is 7.24. The smallest absolute Gasteiger partial charge is 0.303 e. The summed E-state index contributed by atoms with van der Waals surface area (Å²) in [6.45, 7) is 6.03. The molecule has 7 heteroatoms. The van der Waals surface area contributed by atoms with E-state index in [1.165, 1.54) is 17.4 Å². The number of carbonyl (C=O) groups is 2. The predicted molar refractivity (Wildman–Crippen MR) is 100 cm³/mol. The molecular weight excluding hydrogens is 332 g/mol. The van der Waals surface area contributed by atoms with Crippen LogP contribution in [0.2, 0.25) is 0 Å². The lowest BCUT2D eigenvalue weighted by atomic mass is 10.0. The van der Waals surface area contributed by atoms with Crippen LogP contribution >= 0.6 is 0 Å². The first-order valence-electron chi connectivity index (χ1n) is 9.20. The lowest BCUT2D eigenvalue weighted by Crippen LogP contribution is -3.27. The maximum atomic E-state index is 12.0. The van der Waals surface area contributed by atoms with E-state index in [4.69, 9.17) is 4.74 Å². The Morgan fingerprint density at radius 2 is 1.77 bits per heavy atom. The molecule has 1 aliphatic rings. The quantitative estimate of drug-likeness (QED) is 0.485. The Morgan fingerprint density at radius 1 is 1.15 bits per heavy atom. The number of rotatable bonds is 7. The van der Waals surface area contributed by atoms with Crippen LogP contribution in [-0.4, -0.2) is 72.4 Å². The molecule has 0 unspecified atom stereocenters. The van der Waals surface area contributed by atoms with Gasteiger partial charge in [0.1, 0.15) is 32.2 Å². The highest BCUT2D eigenvalue weighted by molar-refractivity contribution is 5.79. The zero-order valence-corrected chi connectivity index (χ0v) is 16.3. The van der Waals surface area contributed by atoms with Crippen LogP contribution in [0.1, 0.15) is 18.5 Å². The largest absolute Gasteiger partial charge is 0.456 e. The van der Waals surface area contributed by atoms with Gasteiger partial charge in [-0.25, -0.2) is 0 Å². The van der Waals surface area contributed by atoms with Crippen molar-refractivity contribution in [2.24, 2.45) is 0 Å². The molecule has 1 aromatic carbocycles. The second kappa shape index (κ2) is 9.54. The van der Waals surface area contributed by atoms with Gasteiger partial charge in [-0.15, -0.1) is 0 Å². The summed E-state index contributed by atoms with van der Waals surface area (Å²) in [5, 5.41) is 2.93. The molecule has 2 rings (SSSR count). The van der Waals surface area contributed by atoms with Crippen molar-refractivity contribution in [3.63, 3.8) is 0 Å². The van der Waals surface area contributed by atoms with Crippen LogP contribution in [0.15, 0.2) is 24.3 Å². The molecule has 1 fully saturated rings. The molecule has 26 heavy (non-hydrogen) atoms. The van der Waals surface area contributed by atoms with Gasteiger partial charge in [-0.05, 0) is 12.1 Å². The van der Waals surface area contributed by atoms with Gasteiger partial charge in [-0.3, -0.25) is 9.59 Å². The van der Waals surface area contributed by atoms with Crippen LogP contribution in [0, 0.1) is 0 Å². The normalized spacial score (nSPS) is 20.9. The fraction of sp³-hybridized carbons (Fsp3) is 0.579. The van der Waals surface area contributed by atoms with E-state index in [9.17, 15) is 9.59 Å². The Hall–Kier alpha value is -2.12. The molecule has 0 spiro atoms. The summed E-state index contributed by atoms with van der Waals surface area (Å²) in [6.07, 6.45) is 0. The van der Waals surface area contributed by atoms with Crippen molar-refractivity contribution in [1.82, 2.24) is 5.32 Å². The first-order chi connectivity index (χ1) is 12.4. The summed E-state index contributed by atoms with van der Waals surface area (Å²) >= 11 is 0. The van der Waals surface area contributed by atoms with Crippen molar-refractivity contribution in [3.05, 3.63) is 29.8 Å². The monoisotopic (exact) mass is 364 g/mol. The summed E-state index contributed by atoms with van der Waals surface area (Å²) in [6, 6.07) is 8.72. The number of benzene rings is 1. The first-order valence-corrected chi connectivity index (χ1v) is 9.20. The van der Waals surface area contributed by atoms with Gasteiger partial charge in [-0.1, -0.05) is 12.1 Å². The molecular formula is C19H32N4O3+2. The van der Waals surface area contributed by atoms with Crippen LogP contribution < -0.4 is 20.0 Å². The molecule has 1 heterocycles. The minimum Gasteiger partial charge on any atom is -0.456 e. The van der Waals surface area contributed by atoms with E-state index in [-0.39, 0.29) is 18.6 Å². The number of anilines is 1. The first kappa shape index (κ1) is 20.2. The number of likely N-dealkylation sites (N-methyl/N-ethyl adjacent to an activating group) is 1. The molecule has 0 saturated carbocycles. The molecule has 0 aromatic heterocycles. The molecule has 1 saturated heterocycles. The molecule has 1 aromatic rings. The van der Waals surface area contributed by atoms with Crippen molar-refractivity contribution in [2.75, 3.05) is 65.4 Å². The van der Waals surface area contributed by atoms with Gasteiger partial charge in [-0.2, -0.15) is 0 Å². The SMILES string of the molecule is CC(=O)OCC(=O)NC[C@@H](c1ccc(N(C)C)cc1)[NH+]1CC[NH+](C)CC1. The summed E-state index contributed by atoms with van der Waals surface area (Å²) in [5.41, 5.74) is 2.38. The number of hydrogen-bond acceptors (Lipinski definition) is 4. The highest BCUT2D eigenvalue weighted by Gasteiger charge is 2.29. The number of quaternary nitrogens is 2. The number of carbonyl (C=O) groups excluding carboxylic acids is 2.